The van der Waals surface area contributed by atoms with Gasteiger partial charge in [0.15, 0.2) is 6.61 Å². The van der Waals surface area contributed by atoms with E-state index in [4.69, 9.17) is 4.74 Å². The van der Waals surface area contributed by atoms with Gasteiger partial charge in [-0.1, -0.05) is 12.1 Å². The third-order valence-electron chi connectivity index (χ3n) is 4.01. The van der Waals surface area contributed by atoms with E-state index < -0.39 is 0 Å². The molecule has 0 radical (unpaired) electrons. The highest BCUT2D eigenvalue weighted by molar-refractivity contribution is 5.78. The first-order valence-corrected chi connectivity index (χ1v) is 7.84. The summed E-state index contributed by atoms with van der Waals surface area (Å²) in [7, 11) is 0. The number of amides is 1. The molecule has 0 unspecified atom stereocenters. The van der Waals surface area contributed by atoms with Crippen molar-refractivity contribution in [2.45, 2.75) is 6.92 Å². The number of aromatic nitrogens is 1. The summed E-state index contributed by atoms with van der Waals surface area (Å²) in [6.45, 7) is 5.21. The summed E-state index contributed by atoms with van der Waals surface area (Å²) >= 11 is 0. The first-order chi connectivity index (χ1) is 11.2. The number of piperazine rings is 1. The second-order valence-electron chi connectivity index (χ2n) is 5.68. The molecule has 1 aromatic carbocycles. The molecule has 5 nitrogen and oxygen atoms in total. The maximum absolute atomic E-state index is 12.3. The number of carbonyl (C=O) groups excluding carboxylic acids is 1. The smallest absolute Gasteiger partial charge is 0.260 e. The second kappa shape index (κ2) is 7.13. The standard InChI is InChI=1S/C18H21N3O2/c1-15-3-2-4-17(13-15)23-14-18(22)21-11-9-20(10-12-21)16-5-7-19-8-6-16/h2-8,13H,9-12,14H2,1H3. The van der Waals surface area contributed by atoms with Gasteiger partial charge in [-0.2, -0.15) is 0 Å². The van der Waals surface area contributed by atoms with Crippen molar-refractivity contribution in [3.05, 3.63) is 54.4 Å². The lowest BCUT2D eigenvalue weighted by Gasteiger charge is -2.36. The van der Waals surface area contributed by atoms with Crippen LogP contribution in [0.5, 0.6) is 5.75 Å². The Hall–Kier alpha value is -2.56. The van der Waals surface area contributed by atoms with E-state index in [1.165, 1.54) is 0 Å². The summed E-state index contributed by atoms with van der Waals surface area (Å²) in [4.78, 5) is 20.4. The van der Waals surface area contributed by atoms with Crippen molar-refractivity contribution in [1.29, 1.82) is 0 Å². The van der Waals surface area contributed by atoms with E-state index in [1.807, 2.05) is 48.2 Å². The van der Waals surface area contributed by atoms with Crippen LogP contribution in [0.1, 0.15) is 5.56 Å². The van der Waals surface area contributed by atoms with Gasteiger partial charge in [-0.15, -0.1) is 0 Å². The molecule has 0 saturated carbocycles. The maximum atomic E-state index is 12.3. The summed E-state index contributed by atoms with van der Waals surface area (Å²) in [5.41, 5.74) is 2.28. The number of pyridine rings is 1. The number of rotatable bonds is 4. The van der Waals surface area contributed by atoms with Gasteiger partial charge in [-0.05, 0) is 36.8 Å². The fourth-order valence-corrected chi connectivity index (χ4v) is 2.71. The number of benzene rings is 1. The van der Waals surface area contributed by atoms with E-state index in [9.17, 15) is 4.79 Å². The highest BCUT2D eigenvalue weighted by Crippen LogP contribution is 2.15. The summed E-state index contributed by atoms with van der Waals surface area (Å²) in [6, 6.07) is 11.8. The largest absolute Gasteiger partial charge is 0.484 e. The molecule has 3 rings (SSSR count). The Morgan fingerprint density at radius 2 is 1.87 bits per heavy atom. The molecule has 1 aliphatic heterocycles. The Balaban J connectivity index is 1.48. The molecule has 23 heavy (non-hydrogen) atoms. The molecule has 5 heteroatoms. The van der Waals surface area contributed by atoms with Crippen molar-refractivity contribution >= 4 is 11.6 Å². The monoisotopic (exact) mass is 311 g/mol. The third kappa shape index (κ3) is 4.00. The first-order valence-electron chi connectivity index (χ1n) is 7.84. The van der Waals surface area contributed by atoms with E-state index in [-0.39, 0.29) is 12.5 Å². The molecule has 0 bridgehead atoms. The molecule has 1 amide bonds. The molecule has 2 heterocycles. The van der Waals surface area contributed by atoms with Crippen molar-refractivity contribution in [3.8, 4) is 5.75 Å². The van der Waals surface area contributed by atoms with Gasteiger partial charge in [0.1, 0.15) is 5.75 Å². The fraction of sp³-hybridized carbons (Fsp3) is 0.333. The molecule has 1 aromatic heterocycles. The lowest BCUT2D eigenvalue weighted by atomic mass is 10.2. The molecule has 0 N–H and O–H groups in total. The van der Waals surface area contributed by atoms with Crippen molar-refractivity contribution in [2.24, 2.45) is 0 Å². The number of ether oxygens (including phenoxy) is 1. The van der Waals surface area contributed by atoms with Crippen LogP contribution in [0.4, 0.5) is 5.69 Å². The molecule has 0 atom stereocenters. The summed E-state index contributed by atoms with van der Waals surface area (Å²) < 4.78 is 5.60. The van der Waals surface area contributed by atoms with Crippen LogP contribution in [-0.4, -0.2) is 48.6 Å². The predicted octanol–water partition coefficient (Wildman–Crippen LogP) is 2.12. The Bertz CT molecular complexity index is 652. The van der Waals surface area contributed by atoms with Crippen molar-refractivity contribution in [2.75, 3.05) is 37.7 Å². The Morgan fingerprint density at radius 3 is 2.57 bits per heavy atom. The lowest BCUT2D eigenvalue weighted by molar-refractivity contribution is -0.133. The summed E-state index contributed by atoms with van der Waals surface area (Å²) in [6.07, 6.45) is 3.59. The van der Waals surface area contributed by atoms with E-state index in [0.717, 1.165) is 43.2 Å². The van der Waals surface area contributed by atoms with Crippen LogP contribution in [0.25, 0.3) is 0 Å². The van der Waals surface area contributed by atoms with Crippen LogP contribution >= 0.6 is 0 Å². The molecule has 0 aliphatic carbocycles. The van der Waals surface area contributed by atoms with Crippen molar-refractivity contribution in [1.82, 2.24) is 9.88 Å². The Morgan fingerprint density at radius 1 is 1.13 bits per heavy atom. The molecule has 120 valence electrons. The minimum atomic E-state index is 0.0425. The number of aryl methyl sites for hydroxylation is 1. The molecule has 0 spiro atoms. The first kappa shape index (κ1) is 15.3. The van der Waals surface area contributed by atoms with E-state index in [0.29, 0.717) is 0 Å². The average Bonchev–Trinajstić information content (AvgIpc) is 2.61. The molecule has 1 fully saturated rings. The minimum absolute atomic E-state index is 0.0425. The second-order valence-corrected chi connectivity index (χ2v) is 5.68. The normalized spacial score (nSPS) is 14.7. The minimum Gasteiger partial charge on any atom is -0.484 e. The number of carbonyl (C=O) groups is 1. The zero-order chi connectivity index (χ0) is 16.1. The van der Waals surface area contributed by atoms with E-state index in [2.05, 4.69) is 9.88 Å². The van der Waals surface area contributed by atoms with Crippen LogP contribution in [0, 0.1) is 6.92 Å². The van der Waals surface area contributed by atoms with E-state index in [1.54, 1.807) is 12.4 Å². The average molecular weight is 311 g/mol. The Kier molecular flexibility index (Phi) is 4.76. The van der Waals surface area contributed by atoms with Gasteiger partial charge in [-0.25, -0.2) is 0 Å². The number of anilines is 1. The highest BCUT2D eigenvalue weighted by Gasteiger charge is 2.21. The van der Waals surface area contributed by atoms with Crippen LogP contribution in [0.15, 0.2) is 48.8 Å². The number of nitrogens with zero attached hydrogens (tertiary/aromatic N) is 3. The molecule has 1 saturated heterocycles. The SMILES string of the molecule is Cc1cccc(OCC(=O)N2CCN(c3ccncc3)CC2)c1. The maximum Gasteiger partial charge on any atom is 0.260 e. The molecular weight excluding hydrogens is 290 g/mol. The van der Waals surface area contributed by atoms with Gasteiger partial charge in [0.25, 0.3) is 5.91 Å². The van der Waals surface area contributed by atoms with Gasteiger partial charge in [0.2, 0.25) is 0 Å². The van der Waals surface area contributed by atoms with Crippen molar-refractivity contribution in [3.63, 3.8) is 0 Å². The van der Waals surface area contributed by atoms with Crippen LogP contribution in [0.3, 0.4) is 0 Å². The van der Waals surface area contributed by atoms with Gasteiger partial charge in [0, 0.05) is 44.3 Å². The Labute approximate surface area is 136 Å². The zero-order valence-corrected chi connectivity index (χ0v) is 13.3. The fourth-order valence-electron chi connectivity index (χ4n) is 2.71. The number of hydrogen-bond acceptors (Lipinski definition) is 4. The summed E-state index contributed by atoms with van der Waals surface area (Å²) in [5.74, 6) is 0.787. The summed E-state index contributed by atoms with van der Waals surface area (Å²) in [5, 5.41) is 0. The van der Waals surface area contributed by atoms with Crippen LogP contribution < -0.4 is 9.64 Å². The topological polar surface area (TPSA) is 45.7 Å². The quantitative estimate of drug-likeness (QED) is 0.868. The van der Waals surface area contributed by atoms with Crippen LogP contribution in [0.2, 0.25) is 0 Å². The molecule has 1 aliphatic rings. The lowest BCUT2D eigenvalue weighted by Crippen LogP contribution is -2.50. The van der Waals surface area contributed by atoms with Gasteiger partial charge in [-0.3, -0.25) is 9.78 Å². The molecule has 2 aromatic rings. The third-order valence-corrected chi connectivity index (χ3v) is 4.01. The zero-order valence-electron chi connectivity index (χ0n) is 13.3. The van der Waals surface area contributed by atoms with Gasteiger partial charge in [0.05, 0.1) is 0 Å². The van der Waals surface area contributed by atoms with Gasteiger partial charge >= 0.3 is 0 Å². The number of hydrogen-bond donors (Lipinski definition) is 0. The van der Waals surface area contributed by atoms with Crippen LogP contribution in [-0.2, 0) is 4.79 Å². The van der Waals surface area contributed by atoms with E-state index >= 15 is 0 Å². The van der Waals surface area contributed by atoms with Gasteiger partial charge < -0.3 is 14.5 Å². The predicted molar refractivity (Wildman–Crippen MR) is 89.7 cm³/mol. The van der Waals surface area contributed by atoms with Crippen molar-refractivity contribution < 1.29 is 9.53 Å². The molecular formula is C18H21N3O2. The highest BCUT2D eigenvalue weighted by atomic mass is 16.5.